The molecule has 1 saturated heterocycles. The molecule has 4 nitrogen and oxygen atoms in total. The van der Waals surface area contributed by atoms with E-state index in [1.54, 1.807) is 0 Å². The second-order valence-corrected chi connectivity index (χ2v) is 7.49. The SMILES string of the molecule is Cn1cc(CNC2CCS(=O)(=O)C2)c2ccccc21. The van der Waals surface area contributed by atoms with Crippen LogP contribution < -0.4 is 5.32 Å². The molecule has 0 saturated carbocycles. The summed E-state index contributed by atoms with van der Waals surface area (Å²) in [7, 11) is -0.771. The summed E-state index contributed by atoms with van der Waals surface area (Å²) in [5, 5.41) is 4.60. The van der Waals surface area contributed by atoms with Crippen LogP contribution in [0.5, 0.6) is 0 Å². The molecule has 1 N–H and O–H groups in total. The van der Waals surface area contributed by atoms with E-state index < -0.39 is 9.84 Å². The third-order valence-electron chi connectivity index (χ3n) is 3.79. The zero-order chi connectivity index (χ0) is 13.5. The van der Waals surface area contributed by atoms with Crippen LogP contribution in [0.2, 0.25) is 0 Å². The molecule has 102 valence electrons. The Kier molecular flexibility index (Phi) is 3.11. The van der Waals surface area contributed by atoms with Crippen LogP contribution >= 0.6 is 0 Å². The molecule has 1 aromatic heterocycles. The van der Waals surface area contributed by atoms with Crippen molar-refractivity contribution in [1.29, 1.82) is 0 Å². The molecule has 0 amide bonds. The number of sulfone groups is 1. The Bertz CT molecular complexity index is 703. The van der Waals surface area contributed by atoms with Crippen LogP contribution in [0.4, 0.5) is 0 Å². The van der Waals surface area contributed by atoms with Crippen molar-refractivity contribution in [2.24, 2.45) is 7.05 Å². The summed E-state index contributed by atoms with van der Waals surface area (Å²) in [6, 6.07) is 8.37. The Balaban J connectivity index is 1.76. The van der Waals surface area contributed by atoms with Gasteiger partial charge in [0.05, 0.1) is 11.5 Å². The van der Waals surface area contributed by atoms with Crippen molar-refractivity contribution in [1.82, 2.24) is 9.88 Å². The lowest BCUT2D eigenvalue weighted by atomic mass is 10.1. The summed E-state index contributed by atoms with van der Waals surface area (Å²) in [4.78, 5) is 0. The lowest BCUT2D eigenvalue weighted by Crippen LogP contribution is -2.29. The lowest BCUT2D eigenvalue weighted by molar-refractivity contribution is 0.555. The van der Waals surface area contributed by atoms with Gasteiger partial charge in [0.2, 0.25) is 0 Å². The molecule has 0 radical (unpaired) electrons. The average molecular weight is 278 g/mol. The van der Waals surface area contributed by atoms with Gasteiger partial charge in [0.15, 0.2) is 9.84 Å². The molecule has 0 spiro atoms. The molecular formula is C14H18N2O2S. The minimum Gasteiger partial charge on any atom is -0.350 e. The predicted octanol–water partition coefficient (Wildman–Crippen LogP) is 1.45. The van der Waals surface area contributed by atoms with Crippen LogP contribution in [0.3, 0.4) is 0 Å². The average Bonchev–Trinajstić information content (AvgIpc) is 2.88. The van der Waals surface area contributed by atoms with Gasteiger partial charge >= 0.3 is 0 Å². The van der Waals surface area contributed by atoms with Crippen molar-refractivity contribution in [2.75, 3.05) is 11.5 Å². The number of para-hydroxylation sites is 1. The van der Waals surface area contributed by atoms with Gasteiger partial charge in [-0.3, -0.25) is 0 Å². The molecule has 0 bridgehead atoms. The highest BCUT2D eigenvalue weighted by atomic mass is 32.2. The van der Waals surface area contributed by atoms with E-state index in [1.165, 1.54) is 16.5 Å². The van der Waals surface area contributed by atoms with Crippen molar-refractivity contribution in [3.05, 3.63) is 36.0 Å². The van der Waals surface area contributed by atoms with Gasteiger partial charge in [-0.1, -0.05) is 18.2 Å². The molecule has 1 unspecified atom stereocenters. The van der Waals surface area contributed by atoms with Gasteiger partial charge < -0.3 is 9.88 Å². The Morgan fingerprint density at radius 1 is 1.37 bits per heavy atom. The quantitative estimate of drug-likeness (QED) is 0.924. The normalized spacial score (nSPS) is 22.1. The third kappa shape index (κ3) is 2.53. The fourth-order valence-electron chi connectivity index (χ4n) is 2.78. The van der Waals surface area contributed by atoms with Gasteiger partial charge in [-0.2, -0.15) is 0 Å². The Hall–Kier alpha value is -1.33. The van der Waals surface area contributed by atoms with Crippen molar-refractivity contribution in [3.8, 4) is 0 Å². The molecule has 2 aromatic rings. The summed E-state index contributed by atoms with van der Waals surface area (Å²) in [6.07, 6.45) is 2.84. The summed E-state index contributed by atoms with van der Waals surface area (Å²) in [5.41, 5.74) is 2.43. The second kappa shape index (κ2) is 4.65. The highest BCUT2D eigenvalue weighted by Gasteiger charge is 2.27. The van der Waals surface area contributed by atoms with Crippen molar-refractivity contribution in [2.45, 2.75) is 19.0 Å². The van der Waals surface area contributed by atoms with E-state index in [0.717, 1.165) is 13.0 Å². The topological polar surface area (TPSA) is 51.1 Å². The molecule has 1 fully saturated rings. The molecule has 2 heterocycles. The number of benzene rings is 1. The number of nitrogens with zero attached hydrogens (tertiary/aromatic N) is 1. The molecule has 19 heavy (non-hydrogen) atoms. The summed E-state index contributed by atoms with van der Waals surface area (Å²) >= 11 is 0. The number of rotatable bonds is 3. The zero-order valence-electron chi connectivity index (χ0n) is 11.0. The standard InChI is InChI=1S/C14H18N2O2S/c1-16-9-11(13-4-2-3-5-14(13)16)8-15-12-6-7-19(17,18)10-12/h2-5,9,12,15H,6-8,10H2,1H3. The highest BCUT2D eigenvalue weighted by Crippen LogP contribution is 2.21. The van der Waals surface area contributed by atoms with Crippen LogP contribution in [0.15, 0.2) is 30.5 Å². The van der Waals surface area contributed by atoms with Gasteiger partial charge in [-0.05, 0) is 18.1 Å². The fraction of sp³-hybridized carbons (Fsp3) is 0.429. The molecule has 1 aliphatic rings. The second-order valence-electron chi connectivity index (χ2n) is 5.26. The first-order valence-corrected chi connectivity index (χ1v) is 8.34. The van der Waals surface area contributed by atoms with E-state index in [4.69, 9.17) is 0 Å². The summed E-state index contributed by atoms with van der Waals surface area (Å²) < 4.78 is 25.0. The number of nitrogens with one attached hydrogen (secondary N) is 1. The first kappa shape index (κ1) is 12.7. The number of fused-ring (bicyclic) bond motifs is 1. The minimum atomic E-state index is -2.80. The van der Waals surface area contributed by atoms with Gasteiger partial charge in [0.25, 0.3) is 0 Å². The van der Waals surface area contributed by atoms with Crippen LogP contribution in [0.1, 0.15) is 12.0 Å². The first-order valence-electron chi connectivity index (χ1n) is 6.52. The number of aryl methyl sites for hydroxylation is 1. The smallest absolute Gasteiger partial charge is 0.151 e. The Morgan fingerprint density at radius 2 is 2.16 bits per heavy atom. The molecule has 1 atom stereocenters. The van der Waals surface area contributed by atoms with Gasteiger partial charge in [-0.25, -0.2) is 8.42 Å². The molecule has 1 aromatic carbocycles. The van der Waals surface area contributed by atoms with Gasteiger partial charge in [-0.15, -0.1) is 0 Å². The maximum atomic E-state index is 11.4. The predicted molar refractivity (Wildman–Crippen MR) is 76.8 cm³/mol. The maximum absolute atomic E-state index is 11.4. The molecule has 1 aliphatic heterocycles. The van der Waals surface area contributed by atoms with Crippen LogP contribution in [-0.4, -0.2) is 30.5 Å². The van der Waals surface area contributed by atoms with Crippen LogP contribution in [0.25, 0.3) is 10.9 Å². The molecule has 3 rings (SSSR count). The Morgan fingerprint density at radius 3 is 2.89 bits per heavy atom. The van der Waals surface area contributed by atoms with E-state index in [0.29, 0.717) is 5.75 Å². The van der Waals surface area contributed by atoms with Crippen molar-refractivity contribution in [3.63, 3.8) is 0 Å². The van der Waals surface area contributed by atoms with Crippen LogP contribution in [-0.2, 0) is 23.4 Å². The largest absolute Gasteiger partial charge is 0.350 e. The van der Waals surface area contributed by atoms with Crippen LogP contribution in [0, 0.1) is 0 Å². The third-order valence-corrected chi connectivity index (χ3v) is 5.56. The van der Waals surface area contributed by atoms with E-state index in [1.807, 2.05) is 19.2 Å². The summed E-state index contributed by atoms with van der Waals surface area (Å²) in [5.74, 6) is 0.595. The zero-order valence-corrected chi connectivity index (χ0v) is 11.8. The van der Waals surface area contributed by atoms with Gasteiger partial charge in [0, 0.05) is 36.7 Å². The number of hydrogen-bond donors (Lipinski definition) is 1. The van der Waals surface area contributed by atoms with E-state index in [2.05, 4.69) is 28.2 Å². The summed E-state index contributed by atoms with van der Waals surface area (Å²) in [6.45, 7) is 0.724. The van der Waals surface area contributed by atoms with E-state index in [-0.39, 0.29) is 11.8 Å². The van der Waals surface area contributed by atoms with Gasteiger partial charge in [0.1, 0.15) is 0 Å². The fourth-order valence-corrected chi connectivity index (χ4v) is 4.48. The van der Waals surface area contributed by atoms with E-state index >= 15 is 0 Å². The molecular weight excluding hydrogens is 260 g/mol. The maximum Gasteiger partial charge on any atom is 0.151 e. The molecule has 0 aliphatic carbocycles. The highest BCUT2D eigenvalue weighted by molar-refractivity contribution is 7.91. The number of hydrogen-bond acceptors (Lipinski definition) is 3. The Labute approximate surface area is 113 Å². The van der Waals surface area contributed by atoms with Crippen molar-refractivity contribution >= 4 is 20.7 Å². The van der Waals surface area contributed by atoms with E-state index in [9.17, 15) is 8.42 Å². The minimum absolute atomic E-state index is 0.101. The lowest BCUT2D eigenvalue weighted by Gasteiger charge is -2.09. The van der Waals surface area contributed by atoms with Crippen molar-refractivity contribution < 1.29 is 8.42 Å². The number of aromatic nitrogens is 1. The first-order chi connectivity index (χ1) is 9.05. The molecule has 5 heteroatoms. The monoisotopic (exact) mass is 278 g/mol.